The van der Waals surface area contributed by atoms with Gasteiger partial charge in [-0.05, 0) is 53.3 Å². The second kappa shape index (κ2) is 13.6. The number of aromatic nitrogens is 3. The van der Waals surface area contributed by atoms with Crippen LogP contribution < -0.4 is 19.7 Å². The van der Waals surface area contributed by atoms with Crippen molar-refractivity contribution < 1.29 is 27.4 Å². The van der Waals surface area contributed by atoms with E-state index >= 15 is 0 Å². The summed E-state index contributed by atoms with van der Waals surface area (Å²) in [5, 5.41) is 8.05. The summed E-state index contributed by atoms with van der Waals surface area (Å²) in [5.74, 6) is 2.06. The Labute approximate surface area is 263 Å². The summed E-state index contributed by atoms with van der Waals surface area (Å²) in [7, 11) is 1.64. The number of rotatable bonds is 9. The van der Waals surface area contributed by atoms with Crippen molar-refractivity contribution in [2.45, 2.75) is 39.0 Å². The number of anilines is 1. The Morgan fingerprint density at radius 2 is 1.76 bits per heavy atom. The molecule has 1 N–H and O–H groups in total. The first kappa shape index (κ1) is 31.9. The number of hydrogen-bond acceptors (Lipinski definition) is 6. The molecule has 45 heavy (non-hydrogen) atoms. The quantitative estimate of drug-likeness (QED) is 0.204. The van der Waals surface area contributed by atoms with Crippen LogP contribution in [0, 0.1) is 0 Å². The number of nitrogens with one attached hydrogen (secondary N) is 1. The number of halogens is 3. The number of alkyl halides is 3. The molecule has 0 spiro atoms. The predicted molar refractivity (Wildman–Crippen MR) is 170 cm³/mol. The second-order valence-corrected chi connectivity index (χ2v) is 11.8. The Bertz CT molecular complexity index is 1660. The van der Waals surface area contributed by atoms with E-state index < -0.39 is 12.4 Å². The molecule has 1 aromatic heterocycles. The molecule has 236 valence electrons. The minimum atomic E-state index is -4.75. The second-order valence-electron chi connectivity index (χ2n) is 10.7. The number of thioether (sulfide) groups is 1. The van der Waals surface area contributed by atoms with E-state index in [1.54, 1.807) is 18.9 Å². The largest absolute Gasteiger partial charge is 0.573 e. The number of benzene rings is 3. The summed E-state index contributed by atoms with van der Waals surface area (Å²) < 4.78 is 48.1. The van der Waals surface area contributed by atoms with E-state index in [0.29, 0.717) is 29.1 Å². The van der Waals surface area contributed by atoms with E-state index in [1.165, 1.54) is 40.8 Å². The highest BCUT2D eigenvalue weighted by molar-refractivity contribution is 8.14. The summed E-state index contributed by atoms with van der Waals surface area (Å²) in [6, 6.07) is 18.7. The van der Waals surface area contributed by atoms with Gasteiger partial charge in [-0.2, -0.15) is 4.99 Å². The molecular formula is C32H33F3N6O3S. The molecule has 3 aromatic carbocycles. The van der Waals surface area contributed by atoms with Crippen molar-refractivity contribution in [3.63, 3.8) is 0 Å². The van der Waals surface area contributed by atoms with Gasteiger partial charge in [0.1, 0.15) is 17.8 Å². The standard InChI is InChI=1S/C32H33F3N6O3S/c1-20(2)27-14-13-26(43-4)17-28(27)40-15-16-45-31(40)38-30(42)36-18-21(3)22-5-7-23(8-6-22)29-37-19-41(39-29)24-9-11-25(12-10-24)44-32(33,34)35/h5-14,17,19-21H,15-16,18H2,1-4H3,(H,36,42)/b38-31-. The van der Waals surface area contributed by atoms with Crippen molar-refractivity contribution in [1.29, 1.82) is 0 Å². The summed E-state index contributed by atoms with van der Waals surface area (Å²) in [6.45, 7) is 7.44. The summed E-state index contributed by atoms with van der Waals surface area (Å²) in [4.78, 5) is 23.7. The molecule has 0 saturated carbocycles. The fourth-order valence-corrected chi connectivity index (χ4v) is 5.81. The number of ether oxygens (including phenoxy) is 2. The first-order valence-corrected chi connectivity index (χ1v) is 15.3. The number of aliphatic imine (C=N–C) groups is 1. The lowest BCUT2D eigenvalue weighted by molar-refractivity contribution is -0.274. The Morgan fingerprint density at radius 3 is 2.42 bits per heavy atom. The maximum Gasteiger partial charge on any atom is 0.573 e. The molecule has 1 fully saturated rings. The molecule has 1 unspecified atom stereocenters. The number of carbonyl (C=O) groups is 1. The number of amidine groups is 1. The van der Waals surface area contributed by atoms with Gasteiger partial charge in [-0.1, -0.05) is 62.9 Å². The van der Waals surface area contributed by atoms with Gasteiger partial charge in [0.25, 0.3) is 0 Å². The third-order valence-corrected chi connectivity index (χ3v) is 8.21. The summed E-state index contributed by atoms with van der Waals surface area (Å²) in [6.07, 6.45) is -3.26. The third kappa shape index (κ3) is 7.96. The van der Waals surface area contributed by atoms with E-state index in [9.17, 15) is 18.0 Å². The fraction of sp³-hybridized carbons (Fsp3) is 0.312. The van der Waals surface area contributed by atoms with Crippen LogP contribution >= 0.6 is 11.8 Å². The first-order chi connectivity index (χ1) is 21.5. The SMILES string of the molecule is COc1ccc(C(C)C)c(N2CCS/C2=N\C(=O)NCC(C)c2ccc(-c3ncn(-c4ccc(OC(F)(F)F)cc4)n3)cc2)c1. The van der Waals surface area contributed by atoms with E-state index in [4.69, 9.17) is 4.74 Å². The van der Waals surface area contributed by atoms with Gasteiger partial charge in [0.2, 0.25) is 0 Å². The van der Waals surface area contributed by atoms with Crippen LogP contribution in [0.15, 0.2) is 78.0 Å². The zero-order valence-electron chi connectivity index (χ0n) is 25.2. The minimum Gasteiger partial charge on any atom is -0.497 e. The smallest absolute Gasteiger partial charge is 0.497 e. The average molecular weight is 639 g/mol. The Balaban J connectivity index is 1.19. The number of urea groups is 1. The van der Waals surface area contributed by atoms with Crippen molar-refractivity contribution in [3.05, 3.63) is 84.2 Å². The van der Waals surface area contributed by atoms with E-state index in [0.717, 1.165) is 34.9 Å². The molecule has 1 aliphatic heterocycles. The van der Waals surface area contributed by atoms with Crippen molar-refractivity contribution >= 4 is 28.6 Å². The lowest BCUT2D eigenvalue weighted by Crippen LogP contribution is -2.30. The van der Waals surface area contributed by atoms with Crippen LogP contribution in [0.1, 0.15) is 43.7 Å². The molecule has 2 heterocycles. The van der Waals surface area contributed by atoms with Crippen molar-refractivity contribution in [2.24, 2.45) is 4.99 Å². The number of nitrogens with zero attached hydrogens (tertiary/aromatic N) is 5. The molecule has 1 saturated heterocycles. The van der Waals surface area contributed by atoms with Crippen LogP contribution in [0.25, 0.3) is 17.1 Å². The van der Waals surface area contributed by atoms with Crippen molar-refractivity contribution in [1.82, 2.24) is 20.1 Å². The van der Waals surface area contributed by atoms with Gasteiger partial charge in [-0.3, -0.25) is 0 Å². The molecule has 0 aliphatic carbocycles. The molecular weight excluding hydrogens is 605 g/mol. The normalized spacial score (nSPS) is 15.0. The van der Waals surface area contributed by atoms with Gasteiger partial charge in [-0.15, -0.1) is 18.3 Å². The van der Waals surface area contributed by atoms with Gasteiger partial charge < -0.3 is 19.7 Å². The van der Waals surface area contributed by atoms with Gasteiger partial charge in [0.05, 0.1) is 12.8 Å². The monoisotopic (exact) mass is 638 g/mol. The molecule has 13 heteroatoms. The van der Waals surface area contributed by atoms with Gasteiger partial charge >= 0.3 is 12.4 Å². The highest BCUT2D eigenvalue weighted by Crippen LogP contribution is 2.35. The fourth-order valence-electron chi connectivity index (χ4n) is 4.86. The molecule has 9 nitrogen and oxygen atoms in total. The van der Waals surface area contributed by atoms with Crippen molar-refractivity contribution in [3.8, 4) is 28.6 Å². The number of hydrogen-bond donors (Lipinski definition) is 1. The molecule has 0 bridgehead atoms. The lowest BCUT2D eigenvalue weighted by Gasteiger charge is -2.23. The van der Waals surface area contributed by atoms with Crippen LogP contribution in [0.5, 0.6) is 11.5 Å². The number of carbonyl (C=O) groups excluding carboxylic acids is 1. The Kier molecular flexibility index (Phi) is 9.66. The number of amides is 2. The van der Waals surface area contributed by atoms with Crippen LogP contribution in [-0.2, 0) is 0 Å². The Morgan fingerprint density at radius 1 is 1.04 bits per heavy atom. The van der Waals surface area contributed by atoms with Crippen LogP contribution in [0.2, 0.25) is 0 Å². The lowest BCUT2D eigenvalue weighted by atomic mass is 10.00. The number of methoxy groups -OCH3 is 1. The Hall–Kier alpha value is -4.52. The van der Waals surface area contributed by atoms with Crippen molar-refractivity contribution in [2.75, 3.05) is 30.9 Å². The third-order valence-electron chi connectivity index (χ3n) is 7.25. The van der Waals surface area contributed by atoms with E-state index in [-0.39, 0.29) is 11.7 Å². The highest BCUT2D eigenvalue weighted by Gasteiger charge is 2.31. The van der Waals surface area contributed by atoms with Gasteiger partial charge in [0, 0.05) is 36.2 Å². The molecule has 1 atom stereocenters. The summed E-state index contributed by atoms with van der Waals surface area (Å²) >= 11 is 1.55. The van der Waals surface area contributed by atoms with Gasteiger partial charge in [0.15, 0.2) is 11.0 Å². The molecule has 4 aromatic rings. The highest BCUT2D eigenvalue weighted by atomic mass is 32.2. The minimum absolute atomic E-state index is 0.0180. The van der Waals surface area contributed by atoms with E-state index in [2.05, 4.69) is 49.9 Å². The van der Waals surface area contributed by atoms with E-state index in [1.807, 2.05) is 43.3 Å². The topological polar surface area (TPSA) is 93.9 Å². The van der Waals surface area contributed by atoms with Crippen LogP contribution in [0.3, 0.4) is 0 Å². The zero-order chi connectivity index (χ0) is 32.1. The molecule has 5 rings (SSSR count). The maximum absolute atomic E-state index is 12.9. The molecule has 0 radical (unpaired) electrons. The maximum atomic E-state index is 12.9. The van der Waals surface area contributed by atoms with Crippen LogP contribution in [0.4, 0.5) is 23.7 Å². The first-order valence-electron chi connectivity index (χ1n) is 14.3. The molecule has 1 aliphatic rings. The predicted octanol–water partition coefficient (Wildman–Crippen LogP) is 7.39. The summed E-state index contributed by atoms with van der Waals surface area (Å²) in [5.41, 5.74) is 4.49. The average Bonchev–Trinajstić information content (AvgIpc) is 3.69. The molecule has 2 amide bonds. The van der Waals surface area contributed by atoms with Crippen LogP contribution in [-0.4, -0.2) is 58.3 Å². The van der Waals surface area contributed by atoms with Gasteiger partial charge in [-0.25, -0.2) is 14.5 Å². The zero-order valence-corrected chi connectivity index (χ0v) is 26.0.